The van der Waals surface area contributed by atoms with Gasteiger partial charge in [-0.15, -0.1) is 0 Å². The van der Waals surface area contributed by atoms with Crippen molar-refractivity contribution in [3.05, 3.63) is 125 Å². The Morgan fingerprint density at radius 3 is 2.36 bits per heavy atom. The van der Waals surface area contributed by atoms with Gasteiger partial charge in [-0.3, -0.25) is 0 Å². The maximum atomic E-state index is 2.76. The van der Waals surface area contributed by atoms with Gasteiger partial charge in [0.25, 0.3) is 0 Å². The van der Waals surface area contributed by atoms with Crippen LogP contribution in [-0.4, -0.2) is 4.57 Å². The van der Waals surface area contributed by atoms with Gasteiger partial charge in [0.05, 0.1) is 6.04 Å². The topological polar surface area (TPSA) is 4.93 Å². The molecule has 2 aromatic carbocycles. The summed E-state index contributed by atoms with van der Waals surface area (Å²) in [7, 11) is 0. The van der Waals surface area contributed by atoms with Crippen molar-refractivity contribution in [3.8, 4) is 11.1 Å². The zero-order chi connectivity index (χ0) is 25.8. The van der Waals surface area contributed by atoms with Crippen LogP contribution >= 0.6 is 0 Å². The molecule has 5 aliphatic rings. The van der Waals surface area contributed by atoms with Crippen LogP contribution in [0.15, 0.2) is 96.6 Å². The normalized spacial score (nSPS) is 26.7. The molecule has 0 radical (unpaired) electrons. The number of fused-ring (bicyclic) bond motifs is 7. The predicted molar refractivity (Wildman–Crippen MR) is 164 cm³/mol. The fourth-order valence-electron chi connectivity index (χ4n) is 8.31. The molecule has 0 spiro atoms. The lowest BCUT2D eigenvalue weighted by Gasteiger charge is -2.43. The van der Waals surface area contributed by atoms with Crippen LogP contribution in [0.3, 0.4) is 0 Å². The van der Waals surface area contributed by atoms with Crippen LogP contribution < -0.4 is 0 Å². The summed E-state index contributed by atoms with van der Waals surface area (Å²) in [5, 5.41) is 0. The van der Waals surface area contributed by atoms with Crippen LogP contribution in [0, 0.1) is 11.8 Å². The Morgan fingerprint density at radius 1 is 0.692 bits per heavy atom. The first-order chi connectivity index (χ1) is 19.4. The molecular formula is C38H37N. The van der Waals surface area contributed by atoms with Gasteiger partial charge >= 0.3 is 0 Å². The Bertz CT molecular complexity index is 1550. The molecule has 4 unspecified atom stereocenters. The summed E-state index contributed by atoms with van der Waals surface area (Å²) < 4.78 is 2.76. The van der Waals surface area contributed by atoms with Gasteiger partial charge in [0.15, 0.2) is 0 Å². The van der Waals surface area contributed by atoms with Crippen molar-refractivity contribution < 1.29 is 0 Å². The highest BCUT2D eigenvalue weighted by Gasteiger charge is 2.43. The van der Waals surface area contributed by atoms with E-state index >= 15 is 0 Å². The first-order valence-corrected chi connectivity index (χ1v) is 15.2. The predicted octanol–water partition coefficient (Wildman–Crippen LogP) is 9.95. The molecule has 0 saturated heterocycles. The SMILES string of the molecule is C1=CC(n2c3c(c4c2CCC=C4)C2C(C=C3)CC(c3ccc(-c4ccccc4)cc3)=C3C=CCCC32)CCC1. The Kier molecular flexibility index (Phi) is 5.72. The van der Waals surface area contributed by atoms with Gasteiger partial charge in [-0.1, -0.05) is 97.1 Å². The first-order valence-electron chi connectivity index (χ1n) is 15.2. The average Bonchev–Trinajstić information content (AvgIpc) is 3.36. The molecule has 0 fully saturated rings. The lowest BCUT2D eigenvalue weighted by molar-refractivity contribution is 0.354. The van der Waals surface area contributed by atoms with Crippen molar-refractivity contribution in [2.24, 2.45) is 11.8 Å². The zero-order valence-corrected chi connectivity index (χ0v) is 22.7. The van der Waals surface area contributed by atoms with Gasteiger partial charge in [-0.2, -0.15) is 0 Å². The van der Waals surface area contributed by atoms with E-state index in [1.165, 1.54) is 67.3 Å². The molecule has 1 aromatic heterocycles. The van der Waals surface area contributed by atoms with Gasteiger partial charge in [0, 0.05) is 17.3 Å². The number of rotatable bonds is 3. The molecule has 194 valence electrons. The second-order valence-electron chi connectivity index (χ2n) is 12.1. The Morgan fingerprint density at radius 2 is 1.51 bits per heavy atom. The van der Waals surface area contributed by atoms with Crippen molar-refractivity contribution in [2.45, 2.75) is 63.3 Å². The maximum absolute atomic E-state index is 2.76. The number of nitrogens with zero attached hydrogens (tertiary/aromatic N) is 1. The molecular weight excluding hydrogens is 470 g/mol. The molecule has 1 heteroatoms. The third-order valence-corrected chi connectivity index (χ3v) is 10.0. The fraction of sp³-hybridized carbons (Fsp3) is 0.316. The third kappa shape index (κ3) is 3.81. The highest BCUT2D eigenvalue weighted by atomic mass is 15.0. The van der Waals surface area contributed by atoms with Crippen molar-refractivity contribution in [1.82, 2.24) is 4.57 Å². The lowest BCUT2D eigenvalue weighted by atomic mass is 9.60. The summed E-state index contributed by atoms with van der Waals surface area (Å²) in [6.07, 6.45) is 29.6. The number of hydrogen-bond donors (Lipinski definition) is 0. The Hall–Kier alpha value is -3.58. The minimum absolute atomic E-state index is 0.521. The van der Waals surface area contributed by atoms with Crippen molar-refractivity contribution in [1.29, 1.82) is 0 Å². The monoisotopic (exact) mass is 507 g/mol. The molecule has 0 aliphatic heterocycles. The summed E-state index contributed by atoms with van der Waals surface area (Å²) in [6, 6.07) is 20.7. The van der Waals surface area contributed by atoms with Crippen LogP contribution in [-0.2, 0) is 6.42 Å². The second kappa shape index (κ2) is 9.56. The first kappa shape index (κ1) is 23.3. The smallest absolute Gasteiger partial charge is 0.0519 e. The molecule has 0 N–H and O–H groups in total. The molecule has 0 amide bonds. The number of benzene rings is 2. The molecule has 1 heterocycles. The van der Waals surface area contributed by atoms with E-state index in [-0.39, 0.29) is 0 Å². The molecule has 39 heavy (non-hydrogen) atoms. The molecule has 5 aliphatic carbocycles. The largest absolute Gasteiger partial charge is 0.337 e. The van der Waals surface area contributed by atoms with Gasteiger partial charge in [0.1, 0.15) is 0 Å². The minimum Gasteiger partial charge on any atom is -0.337 e. The molecule has 0 saturated carbocycles. The van der Waals surface area contributed by atoms with E-state index in [4.69, 9.17) is 0 Å². The van der Waals surface area contributed by atoms with E-state index in [0.29, 0.717) is 23.8 Å². The number of allylic oxidation sites excluding steroid dienone is 8. The second-order valence-corrected chi connectivity index (χ2v) is 12.1. The molecule has 4 atom stereocenters. The van der Waals surface area contributed by atoms with Crippen LogP contribution in [0.5, 0.6) is 0 Å². The summed E-state index contributed by atoms with van der Waals surface area (Å²) in [5.41, 5.74) is 13.5. The van der Waals surface area contributed by atoms with E-state index in [0.717, 1.165) is 6.42 Å². The lowest BCUT2D eigenvalue weighted by Crippen LogP contribution is -2.31. The number of aromatic nitrogens is 1. The van der Waals surface area contributed by atoms with Crippen LogP contribution in [0.2, 0.25) is 0 Å². The fourth-order valence-corrected chi connectivity index (χ4v) is 8.31. The standard InChI is InChI=1S/C38H37N/c1-3-11-26(12-4-1)27-19-21-28(22-20-27)34-25-29-23-24-36-38(37(29)32-16-8-7-15-31(32)34)33-17-9-10-18-35(33)39(36)30-13-5-2-6-14-30/h1,3-5,7,9,11-13,15,17,19-24,29-30,32,37H,2,6,8,10,14,16,18,25H2. The Balaban J connectivity index is 1.23. The molecule has 0 bridgehead atoms. The van der Waals surface area contributed by atoms with E-state index in [9.17, 15) is 0 Å². The summed E-state index contributed by atoms with van der Waals surface area (Å²) in [4.78, 5) is 0. The van der Waals surface area contributed by atoms with Crippen molar-refractivity contribution >= 4 is 17.7 Å². The van der Waals surface area contributed by atoms with E-state index in [1.54, 1.807) is 28.0 Å². The van der Waals surface area contributed by atoms with Gasteiger partial charge < -0.3 is 4.57 Å². The molecule has 8 rings (SSSR count). The summed E-state index contributed by atoms with van der Waals surface area (Å²) in [6.45, 7) is 0. The Labute approximate surface area is 233 Å². The van der Waals surface area contributed by atoms with E-state index < -0.39 is 0 Å². The van der Waals surface area contributed by atoms with Crippen molar-refractivity contribution in [2.75, 3.05) is 0 Å². The average molecular weight is 508 g/mol. The quantitative estimate of drug-likeness (QED) is 0.311. The van der Waals surface area contributed by atoms with E-state index in [1.807, 2.05) is 0 Å². The molecule has 3 aromatic rings. The zero-order valence-electron chi connectivity index (χ0n) is 22.7. The third-order valence-electron chi connectivity index (χ3n) is 10.0. The van der Waals surface area contributed by atoms with Gasteiger partial charge in [0.2, 0.25) is 0 Å². The number of hydrogen-bond acceptors (Lipinski definition) is 0. The van der Waals surface area contributed by atoms with Gasteiger partial charge in [-0.25, -0.2) is 0 Å². The van der Waals surface area contributed by atoms with Crippen LogP contribution in [0.1, 0.15) is 85.0 Å². The van der Waals surface area contributed by atoms with Crippen molar-refractivity contribution in [3.63, 3.8) is 0 Å². The summed E-state index contributed by atoms with van der Waals surface area (Å²) in [5.74, 6) is 1.75. The molecule has 1 nitrogen and oxygen atoms in total. The highest BCUT2D eigenvalue weighted by molar-refractivity contribution is 5.78. The maximum Gasteiger partial charge on any atom is 0.0519 e. The summed E-state index contributed by atoms with van der Waals surface area (Å²) >= 11 is 0. The van der Waals surface area contributed by atoms with Crippen LogP contribution in [0.4, 0.5) is 0 Å². The highest BCUT2D eigenvalue weighted by Crippen LogP contribution is 2.56. The van der Waals surface area contributed by atoms with Gasteiger partial charge in [-0.05, 0) is 108 Å². The van der Waals surface area contributed by atoms with E-state index in [2.05, 4.69) is 108 Å². The minimum atomic E-state index is 0.521. The van der Waals surface area contributed by atoms with Crippen LogP contribution in [0.25, 0.3) is 28.9 Å².